The van der Waals surface area contributed by atoms with Crippen molar-refractivity contribution in [2.45, 2.75) is 0 Å². The topological polar surface area (TPSA) is 17.1 Å². The molecule has 8 aromatic carbocycles. The van der Waals surface area contributed by atoms with Gasteiger partial charge in [-0.15, -0.1) is 0 Å². The molecule has 0 aromatic heterocycles. The Morgan fingerprint density at radius 1 is 0.333 bits per heavy atom. The molecule has 0 bridgehead atoms. The Kier molecular flexibility index (Phi) is 3.87. The summed E-state index contributed by atoms with van der Waals surface area (Å²) < 4.78 is 0. The van der Waals surface area contributed by atoms with Crippen molar-refractivity contribution in [1.29, 1.82) is 0 Å². The van der Waals surface area contributed by atoms with Crippen molar-refractivity contribution < 1.29 is 4.79 Å². The Balaban J connectivity index is 1.43. The van der Waals surface area contributed by atoms with Gasteiger partial charge in [0.25, 0.3) is 0 Å². The highest BCUT2D eigenvalue weighted by atomic mass is 16.1. The molecule has 0 aliphatic carbocycles. The molecule has 0 unspecified atom stereocenters. The predicted octanol–water partition coefficient (Wildman–Crippen LogP) is 9.57. The van der Waals surface area contributed by atoms with E-state index in [-0.39, 0.29) is 0 Å². The Hall–Kier alpha value is -4.75. The molecule has 1 heteroatoms. The summed E-state index contributed by atoms with van der Waals surface area (Å²) in [5.74, 6) is 0. The van der Waals surface area contributed by atoms with Crippen LogP contribution in [-0.4, -0.2) is 6.29 Å². The predicted molar refractivity (Wildman–Crippen MR) is 154 cm³/mol. The van der Waals surface area contributed by atoms with Gasteiger partial charge in [-0.3, -0.25) is 4.79 Å². The molecule has 0 aliphatic heterocycles. The van der Waals surface area contributed by atoms with Crippen LogP contribution in [0.3, 0.4) is 0 Å². The van der Waals surface area contributed by atoms with Gasteiger partial charge in [-0.1, -0.05) is 54.6 Å². The molecule has 0 heterocycles. The van der Waals surface area contributed by atoms with Gasteiger partial charge >= 0.3 is 0 Å². The lowest BCUT2D eigenvalue weighted by Crippen LogP contribution is -1.86. The van der Waals surface area contributed by atoms with E-state index in [1.165, 1.54) is 59.2 Å². The maximum atomic E-state index is 11.6. The first kappa shape index (κ1) is 19.5. The normalized spacial score (nSPS) is 12.0. The van der Waals surface area contributed by atoms with E-state index in [2.05, 4.69) is 103 Å². The van der Waals surface area contributed by atoms with Crippen LogP contribution in [0.15, 0.2) is 115 Å². The average molecular weight is 457 g/mol. The molecule has 36 heavy (non-hydrogen) atoms. The molecule has 0 radical (unpaired) electrons. The molecule has 166 valence electrons. The molecule has 0 saturated heterocycles. The van der Waals surface area contributed by atoms with Crippen LogP contribution in [-0.2, 0) is 0 Å². The summed E-state index contributed by atoms with van der Waals surface area (Å²) in [7, 11) is 0. The van der Waals surface area contributed by atoms with Gasteiger partial charge in [0.05, 0.1) is 0 Å². The van der Waals surface area contributed by atoms with Crippen LogP contribution >= 0.6 is 0 Å². The van der Waals surface area contributed by atoms with Gasteiger partial charge in [0.2, 0.25) is 0 Å². The summed E-state index contributed by atoms with van der Waals surface area (Å²) in [6.07, 6.45) is 0.949. The van der Waals surface area contributed by atoms with Crippen molar-refractivity contribution in [1.82, 2.24) is 0 Å². The van der Waals surface area contributed by atoms with Gasteiger partial charge < -0.3 is 0 Å². The molecule has 0 saturated carbocycles. The quantitative estimate of drug-likeness (QED) is 0.136. The second-order valence-corrected chi connectivity index (χ2v) is 9.84. The molecule has 0 fully saturated rings. The van der Waals surface area contributed by atoms with E-state index in [0.717, 1.165) is 28.0 Å². The van der Waals surface area contributed by atoms with Gasteiger partial charge in [0.15, 0.2) is 6.29 Å². The van der Waals surface area contributed by atoms with E-state index in [9.17, 15) is 4.79 Å². The molecule has 1 nitrogen and oxygen atoms in total. The van der Waals surface area contributed by atoms with Gasteiger partial charge in [-0.05, 0) is 136 Å². The van der Waals surface area contributed by atoms with Crippen LogP contribution in [0, 0.1) is 0 Å². The van der Waals surface area contributed by atoms with Crippen molar-refractivity contribution in [2.24, 2.45) is 0 Å². The summed E-state index contributed by atoms with van der Waals surface area (Å²) in [4.78, 5) is 11.6. The van der Waals surface area contributed by atoms with Gasteiger partial charge in [0.1, 0.15) is 0 Å². The third kappa shape index (κ3) is 2.80. The molecule has 0 N–H and O–H groups in total. The standard InChI is InChI=1S/C35H20O/c36-20-26-7-3-6-23-12-29-13-24-8-9-25-14-30-15-27-10-21-4-1-2-5-22(21)11-28(27)16-31(30)18-34(25)35(24)19-32(29)17-33(23)26/h1-20H. The lowest BCUT2D eigenvalue weighted by molar-refractivity contribution is 0.112. The Morgan fingerprint density at radius 3 is 1.28 bits per heavy atom. The lowest BCUT2D eigenvalue weighted by atomic mass is 9.93. The number of benzene rings is 8. The Morgan fingerprint density at radius 2 is 0.722 bits per heavy atom. The number of hydrogen-bond acceptors (Lipinski definition) is 1. The number of aldehydes is 1. The molecule has 0 atom stereocenters. The van der Waals surface area contributed by atoms with Gasteiger partial charge in [0, 0.05) is 5.56 Å². The SMILES string of the molecule is O=Cc1cccc2cc3cc4ccc5cc6cc7cc8ccccc8cc7cc6cc5c4cc3cc12. The fourth-order valence-electron chi connectivity index (χ4n) is 5.90. The van der Waals surface area contributed by atoms with Gasteiger partial charge in [-0.25, -0.2) is 0 Å². The minimum absolute atomic E-state index is 0.734. The first-order chi connectivity index (χ1) is 17.7. The van der Waals surface area contributed by atoms with Crippen LogP contribution < -0.4 is 0 Å². The number of carbonyl (C=O) groups is 1. The highest BCUT2D eigenvalue weighted by molar-refractivity contribution is 6.18. The fourth-order valence-corrected chi connectivity index (χ4v) is 5.90. The summed E-state index contributed by atoms with van der Waals surface area (Å²) in [5.41, 5.74) is 0.734. The lowest BCUT2D eigenvalue weighted by Gasteiger charge is -2.11. The number of hydrogen-bond donors (Lipinski definition) is 0. The van der Waals surface area contributed by atoms with E-state index in [1.807, 2.05) is 12.1 Å². The zero-order chi connectivity index (χ0) is 23.8. The summed E-state index contributed by atoms with van der Waals surface area (Å²) in [6, 6.07) is 41.7. The maximum Gasteiger partial charge on any atom is 0.150 e. The van der Waals surface area contributed by atoms with Crippen molar-refractivity contribution in [3.05, 3.63) is 121 Å². The third-order valence-corrected chi connectivity index (χ3v) is 7.73. The first-order valence-corrected chi connectivity index (χ1v) is 12.3. The zero-order valence-corrected chi connectivity index (χ0v) is 19.5. The molecule has 8 aromatic rings. The smallest absolute Gasteiger partial charge is 0.150 e. The van der Waals surface area contributed by atoms with Crippen molar-refractivity contribution in [3.63, 3.8) is 0 Å². The highest BCUT2D eigenvalue weighted by Crippen LogP contribution is 2.35. The minimum Gasteiger partial charge on any atom is -0.298 e. The Bertz CT molecular complexity index is 2220. The van der Waals surface area contributed by atoms with Crippen LogP contribution in [0.4, 0.5) is 0 Å². The number of carbonyl (C=O) groups excluding carboxylic acids is 1. The van der Waals surface area contributed by atoms with E-state index in [1.54, 1.807) is 0 Å². The average Bonchev–Trinajstić information content (AvgIpc) is 2.91. The number of fused-ring (bicyclic) bond motifs is 8. The second kappa shape index (κ2) is 7.13. The van der Waals surface area contributed by atoms with Gasteiger partial charge in [-0.2, -0.15) is 0 Å². The van der Waals surface area contributed by atoms with Crippen molar-refractivity contribution >= 4 is 81.7 Å². The summed E-state index contributed by atoms with van der Waals surface area (Å²) in [6.45, 7) is 0. The van der Waals surface area contributed by atoms with Crippen LogP contribution in [0.2, 0.25) is 0 Å². The highest BCUT2D eigenvalue weighted by Gasteiger charge is 2.09. The fraction of sp³-hybridized carbons (Fsp3) is 0. The van der Waals surface area contributed by atoms with Crippen LogP contribution in [0.25, 0.3) is 75.4 Å². The van der Waals surface area contributed by atoms with Crippen LogP contribution in [0.5, 0.6) is 0 Å². The molecule has 8 rings (SSSR count). The van der Waals surface area contributed by atoms with Crippen LogP contribution in [0.1, 0.15) is 10.4 Å². The van der Waals surface area contributed by atoms with E-state index in [4.69, 9.17) is 0 Å². The monoisotopic (exact) mass is 456 g/mol. The van der Waals surface area contributed by atoms with E-state index in [0.29, 0.717) is 0 Å². The zero-order valence-electron chi connectivity index (χ0n) is 19.5. The summed E-state index contributed by atoms with van der Waals surface area (Å²) >= 11 is 0. The minimum atomic E-state index is 0.734. The molecule has 0 spiro atoms. The number of rotatable bonds is 1. The van der Waals surface area contributed by atoms with Crippen molar-refractivity contribution in [2.75, 3.05) is 0 Å². The largest absolute Gasteiger partial charge is 0.298 e. The van der Waals surface area contributed by atoms with Crippen molar-refractivity contribution in [3.8, 4) is 0 Å². The molecular weight excluding hydrogens is 436 g/mol. The second-order valence-electron chi connectivity index (χ2n) is 9.84. The molecule has 0 aliphatic rings. The Labute approximate surface area is 207 Å². The molecular formula is C35H20O. The van der Waals surface area contributed by atoms with E-state index < -0.39 is 0 Å². The summed E-state index contributed by atoms with van der Waals surface area (Å²) in [5, 5.41) is 17.0. The molecule has 0 amide bonds. The third-order valence-electron chi connectivity index (χ3n) is 7.73. The van der Waals surface area contributed by atoms with E-state index >= 15 is 0 Å². The maximum absolute atomic E-state index is 11.6. The first-order valence-electron chi connectivity index (χ1n) is 12.3.